The standard InChI is InChI=1S/C16H22N2O/c1-13(17-2)7-5-6-11-18-12-10-16(19)14-8-3-4-9-15(14)18/h3-4,8-10,12-13,17H,5-7,11H2,1-2H3. The average Bonchev–Trinajstić information content (AvgIpc) is 2.45. The van der Waals surface area contributed by atoms with Crippen LogP contribution in [-0.2, 0) is 6.54 Å². The third kappa shape index (κ3) is 3.44. The first-order valence-electron chi connectivity index (χ1n) is 6.98. The van der Waals surface area contributed by atoms with Gasteiger partial charge in [-0.05, 0) is 38.9 Å². The molecule has 0 amide bonds. The Morgan fingerprint density at radius 3 is 2.79 bits per heavy atom. The second-order valence-corrected chi connectivity index (χ2v) is 5.08. The van der Waals surface area contributed by atoms with E-state index in [1.807, 2.05) is 37.5 Å². The lowest BCUT2D eigenvalue weighted by molar-refractivity contribution is 0.508. The fraction of sp³-hybridized carbons (Fsp3) is 0.438. The normalized spacial score (nSPS) is 12.7. The lowest BCUT2D eigenvalue weighted by Crippen LogP contribution is -2.20. The molecule has 2 rings (SSSR count). The third-order valence-electron chi connectivity index (χ3n) is 3.66. The van der Waals surface area contributed by atoms with Gasteiger partial charge < -0.3 is 9.88 Å². The first kappa shape index (κ1) is 13.8. The van der Waals surface area contributed by atoms with Crippen LogP contribution in [0.2, 0.25) is 0 Å². The molecule has 1 N–H and O–H groups in total. The summed E-state index contributed by atoms with van der Waals surface area (Å²) < 4.78 is 2.18. The van der Waals surface area contributed by atoms with Gasteiger partial charge in [-0.25, -0.2) is 0 Å². The van der Waals surface area contributed by atoms with E-state index in [0.717, 1.165) is 23.9 Å². The van der Waals surface area contributed by atoms with Crippen molar-refractivity contribution in [2.75, 3.05) is 7.05 Å². The van der Waals surface area contributed by atoms with Crippen molar-refractivity contribution in [1.29, 1.82) is 0 Å². The number of aromatic nitrogens is 1. The number of hydrogen-bond donors (Lipinski definition) is 1. The Kier molecular flexibility index (Phi) is 4.74. The van der Waals surface area contributed by atoms with E-state index in [2.05, 4.69) is 16.8 Å². The monoisotopic (exact) mass is 258 g/mol. The SMILES string of the molecule is CNC(C)CCCCn1ccc(=O)c2ccccc21. The second-order valence-electron chi connectivity index (χ2n) is 5.08. The molecule has 1 atom stereocenters. The predicted molar refractivity (Wildman–Crippen MR) is 80.6 cm³/mol. The van der Waals surface area contributed by atoms with Crippen molar-refractivity contribution in [3.05, 3.63) is 46.8 Å². The molecule has 0 aliphatic carbocycles. The van der Waals surface area contributed by atoms with E-state index in [4.69, 9.17) is 0 Å². The summed E-state index contributed by atoms with van der Waals surface area (Å²) in [6.45, 7) is 3.17. The number of fused-ring (bicyclic) bond motifs is 1. The molecule has 0 radical (unpaired) electrons. The van der Waals surface area contributed by atoms with E-state index in [-0.39, 0.29) is 5.43 Å². The van der Waals surface area contributed by atoms with Gasteiger partial charge in [0.15, 0.2) is 5.43 Å². The van der Waals surface area contributed by atoms with Gasteiger partial charge in [0.05, 0.1) is 5.52 Å². The minimum atomic E-state index is 0.107. The number of benzene rings is 1. The van der Waals surface area contributed by atoms with Gasteiger partial charge in [-0.3, -0.25) is 4.79 Å². The number of unbranched alkanes of at least 4 members (excludes halogenated alkanes) is 1. The van der Waals surface area contributed by atoms with Gasteiger partial charge in [0, 0.05) is 30.2 Å². The Morgan fingerprint density at radius 1 is 1.21 bits per heavy atom. The van der Waals surface area contributed by atoms with Crippen molar-refractivity contribution in [2.45, 2.75) is 38.8 Å². The maximum absolute atomic E-state index is 11.8. The van der Waals surface area contributed by atoms with Crippen molar-refractivity contribution in [1.82, 2.24) is 9.88 Å². The van der Waals surface area contributed by atoms with Crippen LogP contribution in [0.15, 0.2) is 41.3 Å². The van der Waals surface area contributed by atoms with Gasteiger partial charge in [0.1, 0.15) is 0 Å². The van der Waals surface area contributed by atoms with Crippen LogP contribution in [0.1, 0.15) is 26.2 Å². The highest BCUT2D eigenvalue weighted by molar-refractivity contribution is 5.78. The number of rotatable bonds is 6. The molecule has 1 unspecified atom stereocenters. The zero-order chi connectivity index (χ0) is 13.7. The minimum Gasteiger partial charge on any atom is -0.347 e. The van der Waals surface area contributed by atoms with Crippen LogP contribution in [0.25, 0.3) is 10.9 Å². The summed E-state index contributed by atoms with van der Waals surface area (Å²) in [4.78, 5) is 11.8. The van der Waals surface area contributed by atoms with Crippen molar-refractivity contribution in [2.24, 2.45) is 0 Å². The van der Waals surface area contributed by atoms with E-state index >= 15 is 0 Å². The largest absolute Gasteiger partial charge is 0.347 e. The molecule has 1 heterocycles. The molecule has 1 aromatic carbocycles. The summed E-state index contributed by atoms with van der Waals surface area (Å²) in [6.07, 6.45) is 5.43. The van der Waals surface area contributed by atoms with Gasteiger partial charge in [0.2, 0.25) is 0 Å². The van der Waals surface area contributed by atoms with Crippen LogP contribution in [0, 0.1) is 0 Å². The molecule has 0 bridgehead atoms. The van der Waals surface area contributed by atoms with Crippen molar-refractivity contribution in [3.8, 4) is 0 Å². The average molecular weight is 258 g/mol. The Hall–Kier alpha value is -1.61. The smallest absolute Gasteiger partial charge is 0.189 e. The van der Waals surface area contributed by atoms with Crippen LogP contribution < -0.4 is 10.7 Å². The number of aryl methyl sites for hydroxylation is 1. The minimum absolute atomic E-state index is 0.107. The van der Waals surface area contributed by atoms with Gasteiger partial charge in [0.25, 0.3) is 0 Å². The third-order valence-corrected chi connectivity index (χ3v) is 3.66. The summed E-state index contributed by atoms with van der Waals surface area (Å²) in [5, 5.41) is 4.07. The fourth-order valence-corrected chi connectivity index (χ4v) is 2.33. The Morgan fingerprint density at radius 2 is 2.00 bits per heavy atom. The van der Waals surface area contributed by atoms with Crippen LogP contribution in [0.4, 0.5) is 0 Å². The quantitative estimate of drug-likeness (QED) is 0.808. The maximum Gasteiger partial charge on any atom is 0.189 e. The molecule has 1 aromatic heterocycles. The maximum atomic E-state index is 11.8. The highest BCUT2D eigenvalue weighted by atomic mass is 16.1. The molecule has 0 spiro atoms. The van der Waals surface area contributed by atoms with Crippen LogP contribution in [0.5, 0.6) is 0 Å². The summed E-state index contributed by atoms with van der Waals surface area (Å²) in [6, 6.07) is 10.1. The highest BCUT2D eigenvalue weighted by Gasteiger charge is 2.02. The van der Waals surface area contributed by atoms with E-state index in [1.165, 1.54) is 12.8 Å². The van der Waals surface area contributed by atoms with Gasteiger partial charge >= 0.3 is 0 Å². The van der Waals surface area contributed by atoms with Crippen LogP contribution in [-0.4, -0.2) is 17.7 Å². The first-order valence-corrected chi connectivity index (χ1v) is 6.98. The molecule has 0 aliphatic rings. The topological polar surface area (TPSA) is 34.0 Å². The van der Waals surface area contributed by atoms with Gasteiger partial charge in [-0.2, -0.15) is 0 Å². The molecule has 0 saturated carbocycles. The van der Waals surface area contributed by atoms with Gasteiger partial charge in [-0.15, -0.1) is 0 Å². The Labute approximate surface area is 114 Å². The van der Waals surface area contributed by atoms with E-state index < -0.39 is 0 Å². The van der Waals surface area contributed by atoms with Crippen molar-refractivity contribution >= 4 is 10.9 Å². The molecule has 102 valence electrons. The molecular weight excluding hydrogens is 236 g/mol. The summed E-state index contributed by atoms with van der Waals surface area (Å²) in [5.74, 6) is 0. The first-order chi connectivity index (χ1) is 9.22. The number of nitrogens with zero attached hydrogens (tertiary/aromatic N) is 1. The van der Waals surface area contributed by atoms with E-state index in [0.29, 0.717) is 6.04 Å². The van der Waals surface area contributed by atoms with Gasteiger partial charge in [-0.1, -0.05) is 18.6 Å². The molecule has 0 fully saturated rings. The van der Waals surface area contributed by atoms with Crippen molar-refractivity contribution in [3.63, 3.8) is 0 Å². The lowest BCUT2D eigenvalue weighted by atomic mass is 10.1. The molecule has 3 heteroatoms. The van der Waals surface area contributed by atoms with E-state index in [1.54, 1.807) is 6.07 Å². The summed E-state index contributed by atoms with van der Waals surface area (Å²) in [5.41, 5.74) is 1.15. The number of para-hydroxylation sites is 1. The number of nitrogens with one attached hydrogen (secondary N) is 1. The summed E-state index contributed by atoms with van der Waals surface area (Å²) in [7, 11) is 2.00. The van der Waals surface area contributed by atoms with E-state index in [9.17, 15) is 4.79 Å². The molecular formula is C16H22N2O. The Balaban J connectivity index is 2.05. The number of pyridine rings is 1. The predicted octanol–water partition coefficient (Wildman–Crippen LogP) is 2.78. The van der Waals surface area contributed by atoms with Crippen LogP contribution >= 0.6 is 0 Å². The van der Waals surface area contributed by atoms with Crippen LogP contribution in [0.3, 0.4) is 0 Å². The number of hydrogen-bond acceptors (Lipinski definition) is 2. The molecule has 0 saturated heterocycles. The zero-order valence-electron chi connectivity index (χ0n) is 11.7. The molecule has 19 heavy (non-hydrogen) atoms. The van der Waals surface area contributed by atoms with Crippen molar-refractivity contribution < 1.29 is 0 Å². The fourth-order valence-electron chi connectivity index (χ4n) is 2.33. The Bertz CT molecular complexity index is 589. The molecule has 0 aliphatic heterocycles. The lowest BCUT2D eigenvalue weighted by Gasteiger charge is -2.12. The molecule has 3 nitrogen and oxygen atoms in total. The second kappa shape index (κ2) is 6.53. The molecule has 2 aromatic rings. The highest BCUT2D eigenvalue weighted by Crippen LogP contribution is 2.11. The zero-order valence-corrected chi connectivity index (χ0v) is 11.7. The summed E-state index contributed by atoms with van der Waals surface area (Å²) >= 11 is 0.